The first kappa shape index (κ1) is 14.8. The molecule has 2 aliphatic rings. The topological polar surface area (TPSA) is 26.0 Å². The molecule has 0 spiro atoms. The van der Waals surface area contributed by atoms with E-state index < -0.39 is 11.6 Å². The van der Waals surface area contributed by atoms with Crippen molar-refractivity contribution in [2.24, 2.45) is 7.05 Å². The molecule has 0 bridgehead atoms. The molecule has 23 heavy (non-hydrogen) atoms. The Kier molecular flexibility index (Phi) is 3.48. The number of nitrogens with zero attached hydrogens (tertiary/aromatic N) is 4. The molecule has 1 aromatic carbocycles. The molecule has 2 heterocycles. The van der Waals surface area contributed by atoms with Gasteiger partial charge < -0.3 is 9.47 Å². The van der Waals surface area contributed by atoms with E-state index in [0.717, 1.165) is 36.7 Å². The lowest BCUT2D eigenvalue weighted by Crippen LogP contribution is -2.33. The van der Waals surface area contributed by atoms with Crippen molar-refractivity contribution >= 4 is 17.9 Å². The van der Waals surface area contributed by atoms with Gasteiger partial charge in [-0.2, -0.15) is 5.10 Å². The molecule has 1 aromatic heterocycles. The smallest absolute Gasteiger partial charge is 0.199 e. The van der Waals surface area contributed by atoms with Crippen LogP contribution in [0.4, 0.5) is 14.5 Å². The van der Waals surface area contributed by atoms with Crippen LogP contribution in [-0.4, -0.2) is 20.9 Å². The van der Waals surface area contributed by atoms with Gasteiger partial charge in [0.1, 0.15) is 24.1 Å². The Balaban J connectivity index is 1.69. The van der Waals surface area contributed by atoms with Crippen molar-refractivity contribution in [1.82, 2.24) is 14.3 Å². The van der Waals surface area contributed by atoms with Gasteiger partial charge >= 0.3 is 0 Å². The summed E-state index contributed by atoms with van der Waals surface area (Å²) in [5, 5.41) is 4.62. The number of rotatable bonds is 3. The van der Waals surface area contributed by atoms with Gasteiger partial charge in [-0.15, -0.1) is 0 Å². The summed E-state index contributed by atoms with van der Waals surface area (Å²) in [6.45, 7) is 1.11. The van der Waals surface area contributed by atoms with Gasteiger partial charge in [0.2, 0.25) is 0 Å². The molecule has 4 nitrogen and oxygen atoms in total. The number of benzene rings is 1. The number of fused-ring (bicyclic) bond motifs is 1. The second-order valence-corrected chi connectivity index (χ2v) is 6.74. The van der Waals surface area contributed by atoms with Crippen molar-refractivity contribution in [2.45, 2.75) is 38.3 Å². The van der Waals surface area contributed by atoms with Crippen LogP contribution in [0.1, 0.15) is 36.6 Å². The van der Waals surface area contributed by atoms with E-state index in [-0.39, 0.29) is 0 Å². The number of aromatic nitrogens is 3. The monoisotopic (exact) mass is 336 g/mol. The first-order chi connectivity index (χ1) is 11.0. The third-order valence-electron chi connectivity index (χ3n) is 4.62. The van der Waals surface area contributed by atoms with Crippen LogP contribution in [0.25, 0.3) is 0 Å². The minimum Gasteiger partial charge on any atom is -0.349 e. The molecule has 7 heteroatoms. The van der Waals surface area contributed by atoms with E-state index in [4.69, 9.17) is 12.2 Å². The highest BCUT2D eigenvalue weighted by atomic mass is 32.1. The van der Waals surface area contributed by atoms with E-state index in [1.54, 1.807) is 4.68 Å². The van der Waals surface area contributed by atoms with Crippen LogP contribution in [0.3, 0.4) is 0 Å². The van der Waals surface area contributed by atoms with Crippen molar-refractivity contribution in [3.63, 3.8) is 0 Å². The van der Waals surface area contributed by atoms with E-state index >= 15 is 0 Å². The Hall–Kier alpha value is -1.76. The van der Waals surface area contributed by atoms with Crippen LogP contribution in [0, 0.1) is 16.4 Å². The summed E-state index contributed by atoms with van der Waals surface area (Å²) in [5.74, 6) is 0.479. The zero-order chi connectivity index (χ0) is 16.1. The van der Waals surface area contributed by atoms with E-state index in [9.17, 15) is 8.78 Å². The minimum absolute atomic E-state index is 0.398. The van der Waals surface area contributed by atoms with Crippen molar-refractivity contribution in [3.8, 4) is 0 Å². The van der Waals surface area contributed by atoms with Crippen LogP contribution in [0.2, 0.25) is 0 Å². The number of hydrogen-bond acceptors (Lipinski definition) is 3. The van der Waals surface area contributed by atoms with E-state index in [2.05, 4.69) is 5.10 Å². The van der Waals surface area contributed by atoms with Crippen molar-refractivity contribution in [2.75, 3.05) is 11.4 Å². The zero-order valence-corrected chi connectivity index (χ0v) is 13.7. The lowest BCUT2D eigenvalue weighted by atomic mass is 10.0. The van der Waals surface area contributed by atoms with Gasteiger partial charge in [0.25, 0.3) is 0 Å². The van der Waals surface area contributed by atoms with Gasteiger partial charge in [-0.25, -0.2) is 13.5 Å². The fraction of sp³-hybridized carbons (Fsp3) is 0.500. The van der Waals surface area contributed by atoms with Crippen molar-refractivity contribution < 1.29 is 8.78 Å². The molecule has 1 aliphatic carbocycles. The number of halogens is 2. The van der Waals surface area contributed by atoms with Gasteiger partial charge in [0, 0.05) is 25.6 Å². The van der Waals surface area contributed by atoms with Crippen LogP contribution in [0.5, 0.6) is 0 Å². The van der Waals surface area contributed by atoms with E-state index in [1.165, 1.54) is 6.07 Å². The third kappa shape index (κ3) is 2.56. The summed E-state index contributed by atoms with van der Waals surface area (Å²) in [7, 11) is 1.93. The number of hydrogen-bond donors (Lipinski definition) is 0. The van der Waals surface area contributed by atoms with Crippen LogP contribution >= 0.6 is 12.2 Å². The SMILES string of the molecule is Cn1c(C2CC2)nn(CN2CCCc3cc(F)cc(F)c32)c1=S. The second-order valence-electron chi connectivity index (χ2n) is 6.38. The molecule has 0 N–H and O–H groups in total. The Morgan fingerprint density at radius 3 is 2.83 bits per heavy atom. The van der Waals surface area contributed by atoms with E-state index in [1.807, 2.05) is 16.5 Å². The summed E-state index contributed by atoms with van der Waals surface area (Å²) < 4.78 is 32.0. The highest BCUT2D eigenvalue weighted by molar-refractivity contribution is 7.71. The summed E-state index contributed by atoms with van der Waals surface area (Å²) in [6.07, 6.45) is 3.87. The molecule has 0 amide bonds. The molecule has 0 unspecified atom stereocenters. The Labute approximate surface area is 138 Å². The predicted octanol–water partition coefficient (Wildman–Crippen LogP) is 3.52. The summed E-state index contributed by atoms with van der Waals surface area (Å²) >= 11 is 5.46. The molecule has 1 aliphatic heterocycles. The van der Waals surface area contributed by atoms with Crippen molar-refractivity contribution in [3.05, 3.63) is 39.9 Å². The largest absolute Gasteiger partial charge is 0.349 e. The molecule has 0 radical (unpaired) electrons. The fourth-order valence-corrected chi connectivity index (χ4v) is 3.53. The van der Waals surface area contributed by atoms with Crippen LogP contribution < -0.4 is 4.90 Å². The first-order valence-electron chi connectivity index (χ1n) is 7.91. The standard InChI is InChI=1S/C16H18F2N4S/c1-20-15(10-4-5-10)19-22(16(20)23)9-21-6-2-3-11-7-12(17)8-13(18)14(11)21/h7-8,10H,2-6,9H2,1H3. The molecular weight excluding hydrogens is 318 g/mol. The summed E-state index contributed by atoms with van der Waals surface area (Å²) in [6, 6.07) is 2.38. The molecule has 2 aromatic rings. The Bertz CT molecular complexity index is 822. The molecule has 4 rings (SSSR count). The maximum absolute atomic E-state index is 14.3. The van der Waals surface area contributed by atoms with Gasteiger partial charge in [0.05, 0.1) is 5.69 Å². The van der Waals surface area contributed by atoms with Gasteiger partial charge in [0.15, 0.2) is 4.77 Å². The average Bonchev–Trinajstić information content (AvgIpc) is 3.30. The van der Waals surface area contributed by atoms with E-state index in [0.29, 0.717) is 36.0 Å². The fourth-order valence-electron chi connectivity index (χ4n) is 3.33. The zero-order valence-electron chi connectivity index (χ0n) is 12.9. The maximum atomic E-state index is 14.3. The van der Waals surface area contributed by atoms with Gasteiger partial charge in [-0.3, -0.25) is 0 Å². The Morgan fingerprint density at radius 1 is 1.30 bits per heavy atom. The number of aryl methyl sites for hydroxylation is 1. The molecule has 0 atom stereocenters. The maximum Gasteiger partial charge on any atom is 0.199 e. The quantitative estimate of drug-likeness (QED) is 0.802. The Morgan fingerprint density at radius 2 is 2.09 bits per heavy atom. The van der Waals surface area contributed by atoms with Gasteiger partial charge in [-0.05, 0) is 49.5 Å². The van der Waals surface area contributed by atoms with Crippen LogP contribution in [0.15, 0.2) is 12.1 Å². The third-order valence-corrected chi connectivity index (χ3v) is 5.10. The predicted molar refractivity (Wildman–Crippen MR) is 86.0 cm³/mol. The first-order valence-corrected chi connectivity index (χ1v) is 8.32. The summed E-state index contributed by atoms with van der Waals surface area (Å²) in [5.41, 5.74) is 1.21. The average molecular weight is 336 g/mol. The van der Waals surface area contributed by atoms with Gasteiger partial charge in [-0.1, -0.05) is 0 Å². The molecule has 1 fully saturated rings. The second kappa shape index (κ2) is 5.40. The van der Waals surface area contributed by atoms with Crippen molar-refractivity contribution in [1.29, 1.82) is 0 Å². The highest BCUT2D eigenvalue weighted by Crippen LogP contribution is 2.39. The highest BCUT2D eigenvalue weighted by Gasteiger charge is 2.30. The number of anilines is 1. The molecule has 1 saturated carbocycles. The molecule has 0 saturated heterocycles. The lowest BCUT2D eigenvalue weighted by Gasteiger charge is -2.31. The summed E-state index contributed by atoms with van der Waals surface area (Å²) in [4.78, 5) is 1.91. The molecular formula is C16H18F2N4S. The lowest BCUT2D eigenvalue weighted by molar-refractivity contribution is 0.515. The molecule has 122 valence electrons. The normalized spacial score (nSPS) is 17.4. The minimum atomic E-state index is -0.520. The van der Waals surface area contributed by atoms with Crippen LogP contribution in [-0.2, 0) is 20.1 Å².